The first-order valence-electron chi connectivity index (χ1n) is 7.83. The van der Waals surface area contributed by atoms with Gasteiger partial charge in [0.05, 0.1) is 18.0 Å². The molecule has 9 nitrogen and oxygen atoms in total. The number of aromatic nitrogens is 4. The van der Waals surface area contributed by atoms with Crippen LogP contribution in [-0.4, -0.2) is 45.8 Å². The maximum Gasteiger partial charge on any atom is 0.534 e. The molecule has 3 rings (SSSR count). The number of pyridine rings is 1. The normalized spacial score (nSPS) is 12.3. The van der Waals surface area contributed by atoms with Gasteiger partial charge in [0.15, 0.2) is 5.75 Å². The summed E-state index contributed by atoms with van der Waals surface area (Å²) in [6.45, 7) is 1.90. The van der Waals surface area contributed by atoms with E-state index in [0.29, 0.717) is 11.1 Å². The first-order chi connectivity index (χ1) is 13.0. The van der Waals surface area contributed by atoms with Gasteiger partial charge < -0.3 is 9.50 Å². The van der Waals surface area contributed by atoms with Gasteiger partial charge in [-0.2, -0.15) is 31.8 Å². The van der Waals surface area contributed by atoms with E-state index < -0.39 is 27.3 Å². The number of carbonyl (C=O) groups is 1. The molecule has 0 saturated carbocycles. The molecule has 0 aliphatic heterocycles. The maximum atomic E-state index is 12.8. The van der Waals surface area contributed by atoms with Crippen molar-refractivity contribution < 1.29 is 30.6 Å². The van der Waals surface area contributed by atoms with Crippen LogP contribution in [0.5, 0.6) is 5.75 Å². The Morgan fingerprint density at radius 1 is 1.21 bits per heavy atom. The quantitative estimate of drug-likeness (QED) is 0.500. The van der Waals surface area contributed by atoms with Gasteiger partial charge in [0, 0.05) is 37.1 Å². The van der Waals surface area contributed by atoms with Gasteiger partial charge in [-0.05, 0) is 13.0 Å². The Morgan fingerprint density at radius 2 is 1.93 bits per heavy atom. The predicted molar refractivity (Wildman–Crippen MR) is 91.0 cm³/mol. The number of nitrogens with one attached hydrogen (secondary N) is 1. The van der Waals surface area contributed by atoms with Crippen LogP contribution in [0.2, 0.25) is 0 Å². The zero-order valence-corrected chi connectivity index (χ0v) is 15.4. The lowest BCUT2D eigenvalue weighted by Gasteiger charge is -2.12. The number of aryl methyl sites for hydroxylation is 1. The number of fused-ring (bicyclic) bond motifs is 1. The second-order valence-corrected chi connectivity index (χ2v) is 7.23. The highest BCUT2D eigenvalue weighted by Crippen LogP contribution is 2.34. The zero-order chi connectivity index (χ0) is 20.7. The lowest BCUT2D eigenvalue weighted by atomic mass is 10.1. The molecule has 0 aliphatic carbocycles. The molecule has 13 heteroatoms. The summed E-state index contributed by atoms with van der Waals surface area (Å²) < 4.78 is 68.5. The van der Waals surface area contributed by atoms with Crippen molar-refractivity contribution >= 4 is 21.5 Å². The van der Waals surface area contributed by atoms with E-state index in [1.165, 1.54) is 17.1 Å². The smallest absolute Gasteiger partial charge is 0.374 e. The van der Waals surface area contributed by atoms with Crippen molar-refractivity contribution in [3.63, 3.8) is 0 Å². The number of hydrogen-bond donors (Lipinski definition) is 1. The largest absolute Gasteiger partial charge is 0.534 e. The summed E-state index contributed by atoms with van der Waals surface area (Å²) in [6, 6.07) is 1.08. The molecular weight excluding hydrogens is 403 g/mol. The van der Waals surface area contributed by atoms with Crippen LogP contribution in [0.3, 0.4) is 0 Å². The molecule has 0 aliphatic rings. The third-order valence-corrected chi connectivity index (χ3v) is 4.65. The average molecular weight is 417 g/mol. The fraction of sp³-hybridized carbons (Fsp3) is 0.267. The lowest BCUT2D eigenvalue weighted by molar-refractivity contribution is -0.0499. The van der Waals surface area contributed by atoms with Crippen molar-refractivity contribution in [1.82, 2.24) is 24.7 Å². The topological polar surface area (TPSA) is 108 Å². The first kappa shape index (κ1) is 19.7. The van der Waals surface area contributed by atoms with E-state index in [1.54, 1.807) is 20.2 Å². The molecule has 0 fully saturated rings. The van der Waals surface area contributed by atoms with Gasteiger partial charge in [-0.25, -0.2) is 4.52 Å². The van der Waals surface area contributed by atoms with Gasteiger partial charge in [0.25, 0.3) is 5.91 Å². The number of amides is 1. The van der Waals surface area contributed by atoms with E-state index in [-0.39, 0.29) is 17.6 Å². The second-order valence-electron chi connectivity index (χ2n) is 5.69. The van der Waals surface area contributed by atoms with Gasteiger partial charge in [-0.15, -0.1) is 0 Å². The maximum absolute atomic E-state index is 12.8. The Morgan fingerprint density at radius 3 is 2.50 bits per heavy atom. The average Bonchev–Trinajstić information content (AvgIpc) is 3.20. The molecule has 0 radical (unpaired) electrons. The fourth-order valence-corrected chi connectivity index (χ4v) is 2.92. The standard InChI is InChI=1S/C15H14F3N5O4S/c1-3-19-14(24)11-6-21-23-8-9(10-5-20-22(2)7-10)4-12(13(11)23)27-28(25,26)15(16,17)18/h4-8H,3H2,1-2H3,(H,19,24). The summed E-state index contributed by atoms with van der Waals surface area (Å²) >= 11 is 0. The highest BCUT2D eigenvalue weighted by molar-refractivity contribution is 7.88. The van der Waals surface area contributed by atoms with Crippen LogP contribution in [0.4, 0.5) is 13.2 Å². The third kappa shape index (κ3) is 3.52. The highest BCUT2D eigenvalue weighted by Gasteiger charge is 2.49. The Bertz CT molecular complexity index is 1150. The van der Waals surface area contributed by atoms with E-state index in [9.17, 15) is 26.4 Å². The number of hydrogen-bond acceptors (Lipinski definition) is 6. The Kier molecular flexibility index (Phi) is 4.79. The minimum Gasteiger partial charge on any atom is -0.374 e. The SMILES string of the molecule is CCNC(=O)c1cnn2cc(-c3cnn(C)c3)cc(OS(=O)(=O)C(F)(F)F)c12. The molecular formula is C15H14F3N5O4S. The van der Waals surface area contributed by atoms with E-state index in [2.05, 4.69) is 19.7 Å². The summed E-state index contributed by atoms with van der Waals surface area (Å²) in [5.74, 6) is -1.32. The molecule has 0 unspecified atom stereocenters. The van der Waals surface area contributed by atoms with Crippen molar-refractivity contribution in [2.45, 2.75) is 12.4 Å². The summed E-state index contributed by atoms with van der Waals surface area (Å²) in [4.78, 5) is 12.2. The highest BCUT2D eigenvalue weighted by atomic mass is 32.2. The van der Waals surface area contributed by atoms with Gasteiger partial charge in [-0.1, -0.05) is 0 Å². The predicted octanol–water partition coefficient (Wildman–Crippen LogP) is 1.71. The van der Waals surface area contributed by atoms with Crippen molar-refractivity contribution in [2.75, 3.05) is 6.54 Å². The number of alkyl halides is 3. The second kappa shape index (κ2) is 6.82. The molecule has 0 bridgehead atoms. The van der Waals surface area contributed by atoms with Crippen molar-refractivity contribution in [3.05, 3.63) is 36.4 Å². The Balaban J connectivity index is 2.23. The first-order valence-corrected chi connectivity index (χ1v) is 9.23. The Labute approximate surface area is 156 Å². The molecule has 0 saturated heterocycles. The molecule has 0 aromatic carbocycles. The van der Waals surface area contributed by atoms with Crippen LogP contribution >= 0.6 is 0 Å². The minimum absolute atomic E-state index is 0.132. The van der Waals surface area contributed by atoms with E-state index in [1.807, 2.05) is 0 Å². The molecule has 0 atom stereocenters. The number of carbonyl (C=O) groups excluding carboxylic acids is 1. The molecule has 28 heavy (non-hydrogen) atoms. The number of halogens is 3. The zero-order valence-electron chi connectivity index (χ0n) is 14.6. The molecule has 3 heterocycles. The summed E-state index contributed by atoms with van der Waals surface area (Å²) in [5.41, 5.74) is -5.22. The number of rotatable bonds is 5. The third-order valence-electron chi connectivity index (χ3n) is 3.68. The molecule has 1 amide bonds. The minimum atomic E-state index is -5.96. The summed E-state index contributed by atoms with van der Waals surface area (Å²) in [7, 11) is -4.33. The number of nitrogens with zero attached hydrogens (tertiary/aromatic N) is 4. The summed E-state index contributed by atoms with van der Waals surface area (Å²) in [6.07, 6.45) is 5.53. The van der Waals surface area contributed by atoms with Crippen LogP contribution < -0.4 is 9.50 Å². The van der Waals surface area contributed by atoms with Crippen molar-refractivity contribution in [2.24, 2.45) is 7.05 Å². The Hall–Kier alpha value is -3.09. The van der Waals surface area contributed by atoms with E-state index in [4.69, 9.17) is 0 Å². The molecule has 3 aromatic rings. The molecule has 1 N–H and O–H groups in total. The van der Waals surface area contributed by atoms with Crippen molar-refractivity contribution in [1.29, 1.82) is 0 Å². The van der Waals surface area contributed by atoms with Crippen LogP contribution in [0.1, 0.15) is 17.3 Å². The monoisotopic (exact) mass is 417 g/mol. The fourth-order valence-electron chi connectivity index (χ4n) is 2.46. The van der Waals surface area contributed by atoms with E-state index >= 15 is 0 Å². The van der Waals surface area contributed by atoms with Gasteiger partial charge in [0.2, 0.25) is 0 Å². The van der Waals surface area contributed by atoms with Crippen LogP contribution in [0.15, 0.2) is 30.9 Å². The summed E-state index contributed by atoms with van der Waals surface area (Å²) in [5, 5.41) is 10.4. The van der Waals surface area contributed by atoms with Crippen LogP contribution in [0.25, 0.3) is 16.6 Å². The van der Waals surface area contributed by atoms with Gasteiger partial charge in [-0.3, -0.25) is 9.48 Å². The van der Waals surface area contributed by atoms with Crippen molar-refractivity contribution in [3.8, 4) is 16.9 Å². The lowest BCUT2D eigenvalue weighted by Crippen LogP contribution is -2.28. The molecule has 3 aromatic heterocycles. The van der Waals surface area contributed by atoms with Crippen LogP contribution in [-0.2, 0) is 17.2 Å². The van der Waals surface area contributed by atoms with Crippen LogP contribution in [0, 0.1) is 0 Å². The van der Waals surface area contributed by atoms with E-state index in [0.717, 1.165) is 16.8 Å². The van der Waals surface area contributed by atoms with Gasteiger partial charge >= 0.3 is 15.6 Å². The van der Waals surface area contributed by atoms with Gasteiger partial charge in [0.1, 0.15) is 5.52 Å². The molecule has 0 spiro atoms. The molecule has 150 valence electrons.